The quantitative estimate of drug-likeness (QED) is 0.812. The van der Waals surface area contributed by atoms with Gasteiger partial charge in [-0.1, -0.05) is 13.8 Å². The summed E-state index contributed by atoms with van der Waals surface area (Å²) in [6, 6.07) is -0.835. The second kappa shape index (κ2) is 4.93. The van der Waals surface area contributed by atoms with Crippen molar-refractivity contribution in [2.24, 2.45) is 5.92 Å². The number of nitrogens with one attached hydrogen (secondary N) is 1. The summed E-state index contributed by atoms with van der Waals surface area (Å²) in [5.41, 5.74) is 0. The van der Waals surface area contributed by atoms with Crippen LogP contribution in [0.4, 0.5) is 13.2 Å². The van der Waals surface area contributed by atoms with E-state index in [9.17, 15) is 22.8 Å². The van der Waals surface area contributed by atoms with Gasteiger partial charge in [0, 0.05) is 0 Å². The molecule has 1 fully saturated rings. The molecule has 0 aromatic heterocycles. The van der Waals surface area contributed by atoms with E-state index < -0.39 is 37.1 Å². The Hall–Kier alpha value is -1.27. The Labute approximate surface area is 97.1 Å². The van der Waals surface area contributed by atoms with Crippen LogP contribution in [0.3, 0.4) is 0 Å². The third-order valence-corrected chi connectivity index (χ3v) is 2.36. The van der Waals surface area contributed by atoms with Gasteiger partial charge in [-0.2, -0.15) is 13.2 Å². The summed E-state index contributed by atoms with van der Waals surface area (Å²) in [6.07, 6.45) is -4.13. The molecule has 0 radical (unpaired) electrons. The molecule has 1 N–H and O–H groups in total. The maximum Gasteiger partial charge on any atom is 0.406 e. The van der Waals surface area contributed by atoms with Gasteiger partial charge in [-0.3, -0.25) is 9.59 Å². The van der Waals surface area contributed by atoms with Gasteiger partial charge in [0.1, 0.15) is 12.6 Å². The zero-order valence-electron chi connectivity index (χ0n) is 9.67. The first kappa shape index (κ1) is 13.8. The SMILES string of the molecule is CC(C)CC1NC(=O)CN(CC(F)(F)F)C1=O. The van der Waals surface area contributed by atoms with Crippen molar-refractivity contribution in [2.45, 2.75) is 32.5 Å². The van der Waals surface area contributed by atoms with Crippen LogP contribution in [-0.4, -0.2) is 42.0 Å². The Bertz CT molecular complexity index is 315. The molecule has 1 atom stereocenters. The van der Waals surface area contributed by atoms with Crippen LogP contribution >= 0.6 is 0 Å². The van der Waals surface area contributed by atoms with Gasteiger partial charge >= 0.3 is 6.18 Å². The molecule has 98 valence electrons. The Balaban J connectivity index is 2.72. The van der Waals surface area contributed by atoms with Gasteiger partial charge in [0.25, 0.3) is 0 Å². The van der Waals surface area contributed by atoms with E-state index in [0.717, 1.165) is 0 Å². The van der Waals surface area contributed by atoms with E-state index in [1.54, 1.807) is 0 Å². The topological polar surface area (TPSA) is 49.4 Å². The van der Waals surface area contributed by atoms with Gasteiger partial charge in [0.2, 0.25) is 11.8 Å². The number of carbonyl (C=O) groups is 2. The summed E-state index contributed by atoms with van der Waals surface area (Å²) >= 11 is 0. The third kappa shape index (κ3) is 4.24. The summed E-state index contributed by atoms with van der Waals surface area (Å²) < 4.78 is 36.6. The molecule has 1 aliphatic rings. The van der Waals surface area contributed by atoms with Crippen molar-refractivity contribution in [3.05, 3.63) is 0 Å². The van der Waals surface area contributed by atoms with Gasteiger partial charge in [-0.15, -0.1) is 0 Å². The summed E-state index contributed by atoms with van der Waals surface area (Å²) in [4.78, 5) is 23.5. The average molecular weight is 252 g/mol. The highest BCUT2D eigenvalue weighted by Gasteiger charge is 2.39. The highest BCUT2D eigenvalue weighted by Crippen LogP contribution is 2.19. The maximum absolute atomic E-state index is 12.2. The summed E-state index contributed by atoms with van der Waals surface area (Å²) in [5.74, 6) is -1.08. The fourth-order valence-corrected chi connectivity index (χ4v) is 1.75. The smallest absolute Gasteiger partial charge is 0.343 e. The minimum Gasteiger partial charge on any atom is -0.343 e. The van der Waals surface area contributed by atoms with Crippen LogP contribution < -0.4 is 5.32 Å². The molecule has 0 aliphatic carbocycles. The van der Waals surface area contributed by atoms with Crippen LogP contribution in [0, 0.1) is 5.92 Å². The van der Waals surface area contributed by atoms with E-state index >= 15 is 0 Å². The fraction of sp³-hybridized carbons (Fsp3) is 0.800. The predicted octanol–water partition coefficient (Wildman–Crippen LogP) is 0.922. The first-order valence-corrected chi connectivity index (χ1v) is 5.34. The molecule has 0 aromatic carbocycles. The lowest BCUT2D eigenvalue weighted by molar-refractivity contribution is -0.168. The van der Waals surface area contributed by atoms with Crippen LogP contribution in [-0.2, 0) is 9.59 Å². The molecule has 1 aliphatic heterocycles. The molecule has 0 spiro atoms. The largest absolute Gasteiger partial charge is 0.406 e. The Morgan fingerprint density at radius 2 is 2.00 bits per heavy atom. The Kier molecular flexibility index (Phi) is 4.00. The Morgan fingerprint density at radius 1 is 1.41 bits per heavy atom. The van der Waals surface area contributed by atoms with E-state index in [1.807, 2.05) is 13.8 Å². The van der Waals surface area contributed by atoms with Crippen LogP contribution in [0.2, 0.25) is 0 Å². The third-order valence-electron chi connectivity index (χ3n) is 2.36. The van der Waals surface area contributed by atoms with Crippen molar-refractivity contribution >= 4 is 11.8 Å². The highest BCUT2D eigenvalue weighted by atomic mass is 19.4. The summed E-state index contributed by atoms with van der Waals surface area (Å²) in [7, 11) is 0. The van der Waals surface area contributed by atoms with Gasteiger partial charge in [-0.05, 0) is 12.3 Å². The van der Waals surface area contributed by atoms with Gasteiger partial charge in [-0.25, -0.2) is 0 Å². The molecule has 7 heteroatoms. The van der Waals surface area contributed by atoms with Gasteiger partial charge in [0.15, 0.2) is 0 Å². The number of amides is 2. The lowest BCUT2D eigenvalue weighted by Gasteiger charge is -2.33. The lowest BCUT2D eigenvalue weighted by Crippen LogP contribution is -2.59. The first-order chi connectivity index (χ1) is 7.69. The van der Waals surface area contributed by atoms with Crippen LogP contribution in [0.1, 0.15) is 20.3 Å². The standard InChI is InChI=1S/C10H15F3N2O2/c1-6(2)3-7-9(17)15(4-8(16)14-7)5-10(11,12)13/h6-7H,3-5H2,1-2H3,(H,14,16). The molecular weight excluding hydrogens is 237 g/mol. The summed E-state index contributed by atoms with van der Waals surface area (Å²) in [5, 5.41) is 2.42. The van der Waals surface area contributed by atoms with Gasteiger partial charge < -0.3 is 10.2 Å². The number of halogens is 3. The zero-order chi connectivity index (χ0) is 13.2. The van der Waals surface area contributed by atoms with Crippen molar-refractivity contribution in [3.8, 4) is 0 Å². The van der Waals surface area contributed by atoms with Crippen molar-refractivity contribution in [1.82, 2.24) is 10.2 Å². The van der Waals surface area contributed by atoms with Crippen LogP contribution in [0.5, 0.6) is 0 Å². The van der Waals surface area contributed by atoms with Crippen LogP contribution in [0.25, 0.3) is 0 Å². The van der Waals surface area contributed by atoms with E-state index in [-0.39, 0.29) is 5.92 Å². The number of rotatable bonds is 3. The molecular formula is C10H15F3N2O2. The second-order valence-corrected chi connectivity index (χ2v) is 4.56. The van der Waals surface area contributed by atoms with Crippen molar-refractivity contribution in [2.75, 3.05) is 13.1 Å². The molecule has 0 aromatic rings. The minimum atomic E-state index is -4.48. The van der Waals surface area contributed by atoms with Gasteiger partial charge in [0.05, 0.1) is 6.54 Å². The molecule has 1 heterocycles. The minimum absolute atomic E-state index is 0.120. The number of piperazine rings is 1. The molecule has 1 rings (SSSR count). The number of nitrogens with zero attached hydrogens (tertiary/aromatic N) is 1. The lowest BCUT2D eigenvalue weighted by atomic mass is 10.0. The number of hydrogen-bond donors (Lipinski definition) is 1. The predicted molar refractivity (Wildman–Crippen MR) is 54.0 cm³/mol. The number of hydrogen-bond acceptors (Lipinski definition) is 2. The average Bonchev–Trinajstić information content (AvgIpc) is 2.09. The molecule has 1 unspecified atom stereocenters. The normalized spacial score (nSPS) is 22.0. The molecule has 4 nitrogen and oxygen atoms in total. The maximum atomic E-state index is 12.2. The monoisotopic (exact) mass is 252 g/mol. The van der Waals surface area contributed by atoms with Crippen molar-refractivity contribution in [3.63, 3.8) is 0 Å². The molecule has 0 saturated carbocycles. The van der Waals surface area contributed by atoms with Crippen molar-refractivity contribution < 1.29 is 22.8 Å². The second-order valence-electron chi connectivity index (χ2n) is 4.56. The molecule has 1 saturated heterocycles. The first-order valence-electron chi connectivity index (χ1n) is 5.34. The fourth-order valence-electron chi connectivity index (χ4n) is 1.75. The van der Waals surface area contributed by atoms with E-state index in [4.69, 9.17) is 0 Å². The van der Waals surface area contributed by atoms with Crippen molar-refractivity contribution in [1.29, 1.82) is 0 Å². The molecule has 17 heavy (non-hydrogen) atoms. The molecule has 2 amide bonds. The number of carbonyl (C=O) groups excluding carboxylic acids is 2. The van der Waals surface area contributed by atoms with E-state index in [1.165, 1.54) is 0 Å². The molecule has 0 bridgehead atoms. The van der Waals surface area contributed by atoms with E-state index in [0.29, 0.717) is 11.3 Å². The zero-order valence-corrected chi connectivity index (χ0v) is 9.67. The highest BCUT2D eigenvalue weighted by molar-refractivity contribution is 5.94. The van der Waals surface area contributed by atoms with E-state index in [2.05, 4.69) is 5.32 Å². The Morgan fingerprint density at radius 3 is 2.47 bits per heavy atom. The summed E-state index contributed by atoms with van der Waals surface area (Å²) in [6.45, 7) is 1.78. The number of alkyl halides is 3. The van der Waals surface area contributed by atoms with Crippen LogP contribution in [0.15, 0.2) is 0 Å².